The Labute approximate surface area is 120 Å². The monoisotopic (exact) mass is 282 g/mol. The number of hydrogen-bond acceptors (Lipinski definition) is 2. The van der Waals surface area contributed by atoms with Crippen LogP contribution in [0.1, 0.15) is 38.2 Å². The first kappa shape index (κ1) is 15.4. The summed E-state index contributed by atoms with van der Waals surface area (Å²) in [6, 6.07) is 4.73. The van der Waals surface area contributed by atoms with Crippen LogP contribution in [0.25, 0.3) is 0 Å². The third-order valence-electron chi connectivity index (χ3n) is 3.93. The molecule has 1 N–H and O–H groups in total. The van der Waals surface area contributed by atoms with E-state index in [2.05, 4.69) is 17.1 Å². The van der Waals surface area contributed by atoms with Crippen molar-refractivity contribution in [3.63, 3.8) is 0 Å². The predicted molar refractivity (Wildman–Crippen MR) is 77.6 cm³/mol. The second-order valence-electron chi connectivity index (χ2n) is 5.57. The molecule has 0 amide bonds. The molecule has 0 aliphatic carbocycles. The molecule has 2 rings (SSSR count). The molecule has 4 heteroatoms. The van der Waals surface area contributed by atoms with Gasteiger partial charge < -0.3 is 5.32 Å². The van der Waals surface area contributed by atoms with Gasteiger partial charge in [-0.25, -0.2) is 8.78 Å². The molecule has 0 radical (unpaired) electrons. The lowest BCUT2D eigenvalue weighted by molar-refractivity contribution is 0.137. The van der Waals surface area contributed by atoms with E-state index in [0.717, 1.165) is 31.6 Å². The molecule has 0 spiro atoms. The summed E-state index contributed by atoms with van der Waals surface area (Å²) in [5, 5.41) is 3.47. The summed E-state index contributed by atoms with van der Waals surface area (Å²) in [4.78, 5) is 2.39. The molecule has 1 aromatic carbocycles. The van der Waals surface area contributed by atoms with Crippen molar-refractivity contribution < 1.29 is 8.78 Å². The Kier molecular flexibility index (Phi) is 5.92. The SMILES string of the molecule is CCCNCC1CCCCN1Cc1ccc(F)c(F)c1. The quantitative estimate of drug-likeness (QED) is 0.805. The second kappa shape index (κ2) is 7.70. The van der Waals surface area contributed by atoms with E-state index in [1.165, 1.54) is 31.4 Å². The maximum Gasteiger partial charge on any atom is 0.159 e. The van der Waals surface area contributed by atoms with Crippen LogP contribution in [0.15, 0.2) is 18.2 Å². The van der Waals surface area contributed by atoms with Crippen LogP contribution in [-0.4, -0.2) is 30.6 Å². The Bertz CT molecular complexity index is 423. The predicted octanol–water partition coefficient (Wildman–Crippen LogP) is 3.32. The zero-order valence-corrected chi connectivity index (χ0v) is 12.2. The normalized spacial score (nSPS) is 20.2. The number of rotatable bonds is 6. The number of nitrogens with zero attached hydrogens (tertiary/aromatic N) is 1. The van der Waals surface area contributed by atoms with E-state index in [1.807, 2.05) is 0 Å². The lowest BCUT2D eigenvalue weighted by Gasteiger charge is -2.36. The number of nitrogens with one attached hydrogen (secondary N) is 1. The van der Waals surface area contributed by atoms with Gasteiger partial charge in [-0.15, -0.1) is 0 Å². The Hall–Kier alpha value is -1.00. The molecule has 112 valence electrons. The van der Waals surface area contributed by atoms with E-state index in [1.54, 1.807) is 6.07 Å². The third kappa shape index (κ3) is 4.25. The molecular formula is C16H24F2N2. The highest BCUT2D eigenvalue weighted by Gasteiger charge is 2.22. The first-order chi connectivity index (χ1) is 9.70. The summed E-state index contributed by atoms with van der Waals surface area (Å²) in [5.74, 6) is -1.52. The lowest BCUT2D eigenvalue weighted by Crippen LogP contribution is -2.45. The number of likely N-dealkylation sites (tertiary alicyclic amines) is 1. The molecule has 1 unspecified atom stereocenters. The topological polar surface area (TPSA) is 15.3 Å². The Morgan fingerprint density at radius 1 is 1.25 bits per heavy atom. The van der Waals surface area contributed by atoms with Crippen LogP contribution in [-0.2, 0) is 6.54 Å². The number of piperidine rings is 1. The van der Waals surface area contributed by atoms with Crippen molar-refractivity contribution in [3.8, 4) is 0 Å². The molecule has 20 heavy (non-hydrogen) atoms. The van der Waals surface area contributed by atoms with Gasteiger partial charge in [-0.1, -0.05) is 19.4 Å². The summed E-state index contributed by atoms with van der Waals surface area (Å²) in [7, 11) is 0. The van der Waals surface area contributed by atoms with Crippen LogP contribution in [0.4, 0.5) is 8.78 Å². The third-order valence-corrected chi connectivity index (χ3v) is 3.93. The van der Waals surface area contributed by atoms with Gasteiger partial charge in [0.15, 0.2) is 11.6 Å². The summed E-state index contributed by atoms with van der Waals surface area (Å²) in [5.41, 5.74) is 0.853. The van der Waals surface area contributed by atoms with Crippen molar-refractivity contribution in [2.24, 2.45) is 0 Å². The molecule has 1 heterocycles. The standard InChI is InChI=1S/C16H24F2N2/c1-2-8-19-11-14-5-3-4-9-20(14)12-13-6-7-15(17)16(18)10-13/h6-7,10,14,19H,2-5,8-9,11-12H2,1H3. The highest BCUT2D eigenvalue weighted by atomic mass is 19.2. The van der Waals surface area contributed by atoms with Crippen LogP contribution in [0.5, 0.6) is 0 Å². The molecule has 1 aliphatic heterocycles. The minimum Gasteiger partial charge on any atom is -0.315 e. The lowest BCUT2D eigenvalue weighted by atomic mass is 10.0. The van der Waals surface area contributed by atoms with Crippen molar-refractivity contribution in [2.45, 2.75) is 45.2 Å². The van der Waals surface area contributed by atoms with Crippen LogP contribution in [0.2, 0.25) is 0 Å². The first-order valence-electron chi connectivity index (χ1n) is 7.59. The highest BCUT2D eigenvalue weighted by Crippen LogP contribution is 2.20. The Morgan fingerprint density at radius 2 is 2.10 bits per heavy atom. The molecule has 0 aromatic heterocycles. The van der Waals surface area contributed by atoms with E-state index in [-0.39, 0.29) is 0 Å². The molecule has 1 aromatic rings. The van der Waals surface area contributed by atoms with Crippen molar-refractivity contribution >= 4 is 0 Å². The number of hydrogen-bond donors (Lipinski definition) is 1. The van der Waals surface area contributed by atoms with E-state index in [4.69, 9.17) is 0 Å². The molecule has 0 saturated carbocycles. The maximum absolute atomic E-state index is 13.3. The molecule has 1 aliphatic rings. The molecule has 1 saturated heterocycles. The average Bonchev–Trinajstić information content (AvgIpc) is 2.45. The molecule has 1 atom stereocenters. The van der Waals surface area contributed by atoms with Crippen molar-refractivity contribution in [3.05, 3.63) is 35.4 Å². The zero-order valence-electron chi connectivity index (χ0n) is 12.2. The van der Waals surface area contributed by atoms with Crippen LogP contribution in [0.3, 0.4) is 0 Å². The van der Waals surface area contributed by atoms with E-state index >= 15 is 0 Å². The van der Waals surface area contributed by atoms with Gasteiger partial charge in [-0.2, -0.15) is 0 Å². The summed E-state index contributed by atoms with van der Waals surface area (Å²) < 4.78 is 26.2. The van der Waals surface area contributed by atoms with Gasteiger partial charge in [0.1, 0.15) is 0 Å². The minimum atomic E-state index is -0.770. The van der Waals surface area contributed by atoms with Gasteiger partial charge >= 0.3 is 0 Å². The number of halogens is 2. The van der Waals surface area contributed by atoms with E-state index < -0.39 is 11.6 Å². The summed E-state index contributed by atoms with van der Waals surface area (Å²) >= 11 is 0. The summed E-state index contributed by atoms with van der Waals surface area (Å²) in [6.45, 7) is 5.92. The molecule has 2 nitrogen and oxygen atoms in total. The zero-order chi connectivity index (χ0) is 14.4. The minimum absolute atomic E-state index is 0.503. The summed E-state index contributed by atoms with van der Waals surface area (Å²) in [6.07, 6.45) is 4.76. The van der Waals surface area contributed by atoms with E-state index in [9.17, 15) is 8.78 Å². The largest absolute Gasteiger partial charge is 0.315 e. The van der Waals surface area contributed by atoms with Gasteiger partial charge in [-0.3, -0.25) is 4.90 Å². The smallest absolute Gasteiger partial charge is 0.159 e. The fraction of sp³-hybridized carbons (Fsp3) is 0.625. The Balaban J connectivity index is 1.95. The van der Waals surface area contributed by atoms with Crippen molar-refractivity contribution in [1.82, 2.24) is 10.2 Å². The van der Waals surface area contributed by atoms with Gasteiger partial charge in [-0.05, 0) is 50.0 Å². The van der Waals surface area contributed by atoms with Gasteiger partial charge in [0.05, 0.1) is 0 Å². The fourth-order valence-electron chi connectivity index (χ4n) is 2.82. The van der Waals surface area contributed by atoms with Crippen LogP contribution in [0, 0.1) is 11.6 Å². The molecule has 1 fully saturated rings. The fourth-order valence-corrected chi connectivity index (χ4v) is 2.82. The number of benzene rings is 1. The van der Waals surface area contributed by atoms with Crippen LogP contribution >= 0.6 is 0 Å². The highest BCUT2D eigenvalue weighted by molar-refractivity contribution is 5.17. The Morgan fingerprint density at radius 3 is 2.85 bits per heavy atom. The maximum atomic E-state index is 13.3. The molecule has 0 bridgehead atoms. The van der Waals surface area contributed by atoms with E-state index in [0.29, 0.717) is 12.6 Å². The van der Waals surface area contributed by atoms with Gasteiger partial charge in [0.25, 0.3) is 0 Å². The van der Waals surface area contributed by atoms with Gasteiger partial charge in [0.2, 0.25) is 0 Å². The average molecular weight is 282 g/mol. The second-order valence-corrected chi connectivity index (χ2v) is 5.57. The van der Waals surface area contributed by atoms with Crippen LogP contribution < -0.4 is 5.32 Å². The van der Waals surface area contributed by atoms with Crippen molar-refractivity contribution in [2.75, 3.05) is 19.6 Å². The van der Waals surface area contributed by atoms with Gasteiger partial charge in [0, 0.05) is 19.1 Å². The molecular weight excluding hydrogens is 258 g/mol. The van der Waals surface area contributed by atoms with Crippen molar-refractivity contribution in [1.29, 1.82) is 0 Å². The first-order valence-corrected chi connectivity index (χ1v) is 7.59.